The standard InChI is InChI=1S/C7H15NO.ClH/c1-2-7(8)5-6(7)3-4-9;/h6,9H,2-5,8H2,1H3;1H/t6-,7-;/m1./s1. The summed E-state index contributed by atoms with van der Waals surface area (Å²) in [7, 11) is 0. The summed E-state index contributed by atoms with van der Waals surface area (Å²) in [6.07, 6.45) is 3.06. The van der Waals surface area contributed by atoms with Gasteiger partial charge in [-0.25, -0.2) is 0 Å². The van der Waals surface area contributed by atoms with Crippen LogP contribution >= 0.6 is 12.4 Å². The molecule has 2 atom stereocenters. The molecule has 0 aliphatic heterocycles. The first kappa shape index (κ1) is 10.2. The Morgan fingerprint density at radius 3 is 2.60 bits per heavy atom. The van der Waals surface area contributed by atoms with Crippen molar-refractivity contribution < 1.29 is 5.11 Å². The van der Waals surface area contributed by atoms with Crippen molar-refractivity contribution in [2.24, 2.45) is 11.7 Å². The highest BCUT2D eigenvalue weighted by molar-refractivity contribution is 5.85. The molecule has 0 spiro atoms. The van der Waals surface area contributed by atoms with Crippen molar-refractivity contribution in [1.82, 2.24) is 0 Å². The second kappa shape index (κ2) is 3.56. The number of hydrogen-bond donors (Lipinski definition) is 2. The highest BCUT2D eigenvalue weighted by Gasteiger charge is 2.48. The van der Waals surface area contributed by atoms with Crippen molar-refractivity contribution in [2.75, 3.05) is 6.61 Å². The van der Waals surface area contributed by atoms with Gasteiger partial charge in [0, 0.05) is 12.1 Å². The SMILES string of the molecule is CC[C@@]1(N)C[C@H]1CCO.Cl. The molecule has 1 aliphatic carbocycles. The Bertz CT molecular complexity index is 108. The van der Waals surface area contributed by atoms with E-state index < -0.39 is 0 Å². The van der Waals surface area contributed by atoms with Gasteiger partial charge in [0.05, 0.1) is 0 Å². The molecule has 0 heterocycles. The van der Waals surface area contributed by atoms with Gasteiger partial charge < -0.3 is 10.8 Å². The van der Waals surface area contributed by atoms with Crippen molar-refractivity contribution in [3.63, 3.8) is 0 Å². The number of aliphatic hydroxyl groups is 1. The average Bonchev–Trinajstić information content (AvgIpc) is 2.46. The van der Waals surface area contributed by atoms with Crippen molar-refractivity contribution in [3.8, 4) is 0 Å². The zero-order valence-electron chi connectivity index (χ0n) is 6.34. The highest BCUT2D eigenvalue weighted by Crippen LogP contribution is 2.45. The van der Waals surface area contributed by atoms with Crippen LogP contribution in [0.3, 0.4) is 0 Å². The van der Waals surface area contributed by atoms with E-state index in [0.717, 1.165) is 19.3 Å². The fourth-order valence-corrected chi connectivity index (χ4v) is 1.38. The van der Waals surface area contributed by atoms with Crippen LogP contribution in [-0.4, -0.2) is 17.3 Å². The monoisotopic (exact) mass is 165 g/mol. The van der Waals surface area contributed by atoms with Crippen molar-refractivity contribution in [2.45, 2.75) is 31.7 Å². The molecular weight excluding hydrogens is 150 g/mol. The Labute approximate surface area is 68.2 Å². The molecule has 1 aliphatic rings. The Morgan fingerprint density at radius 1 is 1.70 bits per heavy atom. The van der Waals surface area contributed by atoms with Gasteiger partial charge in [-0.05, 0) is 25.2 Å². The van der Waals surface area contributed by atoms with E-state index in [4.69, 9.17) is 10.8 Å². The number of hydrogen-bond acceptors (Lipinski definition) is 2. The lowest BCUT2D eigenvalue weighted by Gasteiger charge is -2.04. The normalized spacial score (nSPS) is 36.9. The molecular formula is C7H16ClNO. The molecule has 0 saturated heterocycles. The number of rotatable bonds is 3. The van der Waals surface area contributed by atoms with Gasteiger partial charge in [-0.1, -0.05) is 6.92 Å². The zero-order valence-corrected chi connectivity index (χ0v) is 7.16. The van der Waals surface area contributed by atoms with Gasteiger partial charge in [0.1, 0.15) is 0 Å². The number of halogens is 1. The predicted molar refractivity (Wildman–Crippen MR) is 44.3 cm³/mol. The number of nitrogens with two attached hydrogens (primary N) is 1. The predicted octanol–water partition coefficient (Wildman–Crippen LogP) is 0.918. The lowest BCUT2D eigenvalue weighted by molar-refractivity contribution is 0.274. The molecule has 3 heteroatoms. The molecule has 1 saturated carbocycles. The molecule has 0 radical (unpaired) electrons. The smallest absolute Gasteiger partial charge is 0.0434 e. The third-order valence-corrected chi connectivity index (χ3v) is 2.42. The summed E-state index contributed by atoms with van der Waals surface area (Å²) < 4.78 is 0. The van der Waals surface area contributed by atoms with Crippen molar-refractivity contribution >= 4 is 12.4 Å². The Balaban J connectivity index is 0.000000810. The van der Waals surface area contributed by atoms with Crippen molar-refractivity contribution in [1.29, 1.82) is 0 Å². The minimum atomic E-state index is 0. The summed E-state index contributed by atoms with van der Waals surface area (Å²) in [4.78, 5) is 0. The molecule has 0 aromatic heterocycles. The van der Waals surface area contributed by atoms with E-state index in [9.17, 15) is 0 Å². The molecule has 10 heavy (non-hydrogen) atoms. The largest absolute Gasteiger partial charge is 0.396 e. The van der Waals surface area contributed by atoms with Crippen LogP contribution in [-0.2, 0) is 0 Å². The van der Waals surface area contributed by atoms with E-state index in [-0.39, 0.29) is 17.9 Å². The maximum absolute atomic E-state index is 8.55. The summed E-state index contributed by atoms with van der Waals surface area (Å²) in [5, 5.41) is 8.55. The van der Waals surface area contributed by atoms with Crippen LogP contribution in [0.4, 0.5) is 0 Å². The van der Waals surface area contributed by atoms with Crippen molar-refractivity contribution in [3.05, 3.63) is 0 Å². The van der Waals surface area contributed by atoms with E-state index in [1.54, 1.807) is 0 Å². The highest BCUT2D eigenvalue weighted by atomic mass is 35.5. The first-order chi connectivity index (χ1) is 4.23. The van der Waals surface area contributed by atoms with Crippen LogP contribution in [0.25, 0.3) is 0 Å². The summed E-state index contributed by atoms with van der Waals surface area (Å²) in [6, 6.07) is 0. The number of aliphatic hydroxyl groups excluding tert-OH is 1. The minimum Gasteiger partial charge on any atom is -0.396 e. The van der Waals surface area contributed by atoms with Gasteiger partial charge >= 0.3 is 0 Å². The molecule has 0 bridgehead atoms. The molecule has 1 rings (SSSR count). The lowest BCUT2D eigenvalue weighted by Crippen LogP contribution is -2.23. The van der Waals surface area contributed by atoms with Crippen LogP contribution in [0.2, 0.25) is 0 Å². The molecule has 0 amide bonds. The zero-order chi connectivity index (χ0) is 6.91. The molecule has 62 valence electrons. The topological polar surface area (TPSA) is 46.2 Å². The van der Waals surface area contributed by atoms with E-state index in [1.165, 1.54) is 0 Å². The second-order valence-electron chi connectivity index (χ2n) is 3.00. The first-order valence-corrected chi connectivity index (χ1v) is 3.62. The maximum atomic E-state index is 8.55. The second-order valence-corrected chi connectivity index (χ2v) is 3.00. The first-order valence-electron chi connectivity index (χ1n) is 3.62. The average molecular weight is 166 g/mol. The quantitative estimate of drug-likeness (QED) is 0.654. The Kier molecular flexibility index (Phi) is 3.63. The molecule has 2 nitrogen and oxygen atoms in total. The fourth-order valence-electron chi connectivity index (χ4n) is 1.38. The van der Waals surface area contributed by atoms with E-state index in [0.29, 0.717) is 12.5 Å². The van der Waals surface area contributed by atoms with Gasteiger partial charge in [0.15, 0.2) is 0 Å². The van der Waals surface area contributed by atoms with Crippen LogP contribution in [0.1, 0.15) is 26.2 Å². The maximum Gasteiger partial charge on any atom is 0.0434 e. The molecule has 3 N–H and O–H groups in total. The third-order valence-electron chi connectivity index (χ3n) is 2.42. The van der Waals surface area contributed by atoms with Crippen LogP contribution in [0.5, 0.6) is 0 Å². The van der Waals surface area contributed by atoms with Gasteiger partial charge in [0.2, 0.25) is 0 Å². The van der Waals surface area contributed by atoms with Crippen LogP contribution in [0, 0.1) is 5.92 Å². The van der Waals surface area contributed by atoms with Gasteiger partial charge in [-0.2, -0.15) is 0 Å². The van der Waals surface area contributed by atoms with E-state index in [2.05, 4.69) is 6.92 Å². The summed E-state index contributed by atoms with van der Waals surface area (Å²) in [5.74, 6) is 0.604. The molecule has 1 fully saturated rings. The van der Waals surface area contributed by atoms with E-state index in [1.807, 2.05) is 0 Å². The summed E-state index contributed by atoms with van der Waals surface area (Å²) in [6.45, 7) is 2.40. The Hall–Kier alpha value is 0.210. The van der Waals surface area contributed by atoms with Gasteiger partial charge in [-0.15, -0.1) is 12.4 Å². The molecule has 0 unspecified atom stereocenters. The molecule has 0 aromatic carbocycles. The summed E-state index contributed by atoms with van der Waals surface area (Å²) >= 11 is 0. The fraction of sp³-hybridized carbons (Fsp3) is 1.00. The lowest BCUT2D eigenvalue weighted by atomic mass is 10.1. The van der Waals surface area contributed by atoms with E-state index >= 15 is 0 Å². The summed E-state index contributed by atoms with van der Waals surface area (Å²) in [5.41, 5.74) is 5.96. The molecule has 0 aromatic rings. The van der Waals surface area contributed by atoms with Crippen LogP contribution < -0.4 is 5.73 Å². The minimum absolute atomic E-state index is 0. The third kappa shape index (κ3) is 1.84. The Morgan fingerprint density at radius 2 is 2.30 bits per heavy atom. The van der Waals surface area contributed by atoms with Gasteiger partial charge in [-0.3, -0.25) is 0 Å². The van der Waals surface area contributed by atoms with Crippen LogP contribution in [0.15, 0.2) is 0 Å². The van der Waals surface area contributed by atoms with Gasteiger partial charge in [0.25, 0.3) is 0 Å².